The Labute approximate surface area is 106 Å². The molecule has 3 nitrogen and oxygen atoms in total. The predicted molar refractivity (Wildman–Crippen MR) is 73.1 cm³/mol. The molecule has 2 saturated heterocycles. The first-order valence-electron chi connectivity index (χ1n) is 7.44. The van der Waals surface area contributed by atoms with Gasteiger partial charge in [-0.1, -0.05) is 6.92 Å². The number of likely N-dealkylation sites (tertiary alicyclic amines) is 2. The maximum Gasteiger partial charge on any atom is 0.00243 e. The highest BCUT2D eigenvalue weighted by atomic mass is 15.2. The molecule has 0 radical (unpaired) electrons. The van der Waals surface area contributed by atoms with Crippen molar-refractivity contribution in [3.63, 3.8) is 0 Å². The molecule has 2 aliphatic rings. The molecule has 0 spiro atoms. The van der Waals surface area contributed by atoms with E-state index in [1.165, 1.54) is 65.0 Å². The molecule has 2 heterocycles. The van der Waals surface area contributed by atoms with Crippen LogP contribution in [0.5, 0.6) is 0 Å². The topological polar surface area (TPSA) is 32.5 Å². The number of nitrogens with two attached hydrogens (primary N) is 1. The van der Waals surface area contributed by atoms with E-state index in [0.29, 0.717) is 0 Å². The lowest BCUT2D eigenvalue weighted by atomic mass is 9.87. The molecule has 0 aromatic rings. The van der Waals surface area contributed by atoms with Crippen LogP contribution in [0.15, 0.2) is 0 Å². The molecule has 0 aromatic carbocycles. The smallest absolute Gasteiger partial charge is 0.00243 e. The van der Waals surface area contributed by atoms with Crippen LogP contribution < -0.4 is 5.73 Å². The molecule has 2 unspecified atom stereocenters. The Hall–Kier alpha value is -0.120. The summed E-state index contributed by atoms with van der Waals surface area (Å²) in [5, 5.41) is 0. The third kappa shape index (κ3) is 3.94. The van der Waals surface area contributed by atoms with Crippen molar-refractivity contribution in [3.8, 4) is 0 Å². The number of hydrogen-bond acceptors (Lipinski definition) is 3. The second-order valence-electron chi connectivity index (χ2n) is 5.96. The second kappa shape index (κ2) is 6.72. The maximum atomic E-state index is 5.85. The van der Waals surface area contributed by atoms with Gasteiger partial charge in [0.1, 0.15) is 0 Å². The Bertz CT molecular complexity index is 214. The fraction of sp³-hybridized carbons (Fsp3) is 1.00. The standard InChI is InChI=1S/C14H29N3/c1-13-5-10-17(12-14(13)11-15)9-4-8-16-6-2-3-7-16/h13-14H,2-12,15H2,1H3. The van der Waals surface area contributed by atoms with Gasteiger partial charge in [-0.2, -0.15) is 0 Å². The quantitative estimate of drug-likeness (QED) is 0.787. The van der Waals surface area contributed by atoms with Crippen molar-refractivity contribution in [2.45, 2.75) is 32.6 Å². The highest BCUT2D eigenvalue weighted by Crippen LogP contribution is 2.22. The van der Waals surface area contributed by atoms with E-state index in [4.69, 9.17) is 5.73 Å². The van der Waals surface area contributed by atoms with Crippen LogP contribution in [-0.4, -0.2) is 55.6 Å². The Morgan fingerprint density at radius 1 is 1.06 bits per heavy atom. The zero-order valence-corrected chi connectivity index (χ0v) is 11.4. The number of nitrogens with zero attached hydrogens (tertiary/aromatic N) is 2. The zero-order chi connectivity index (χ0) is 12.1. The van der Waals surface area contributed by atoms with Crippen LogP contribution in [-0.2, 0) is 0 Å². The summed E-state index contributed by atoms with van der Waals surface area (Å²) in [6.45, 7) is 11.0. The van der Waals surface area contributed by atoms with Gasteiger partial charge in [0.25, 0.3) is 0 Å². The van der Waals surface area contributed by atoms with E-state index in [0.717, 1.165) is 18.4 Å². The van der Waals surface area contributed by atoms with E-state index >= 15 is 0 Å². The van der Waals surface area contributed by atoms with E-state index in [1.807, 2.05) is 0 Å². The monoisotopic (exact) mass is 239 g/mol. The van der Waals surface area contributed by atoms with E-state index < -0.39 is 0 Å². The first-order valence-corrected chi connectivity index (χ1v) is 7.44. The Balaban J connectivity index is 1.62. The molecule has 2 aliphatic heterocycles. The van der Waals surface area contributed by atoms with Crippen LogP contribution >= 0.6 is 0 Å². The molecule has 2 atom stereocenters. The van der Waals surface area contributed by atoms with Gasteiger partial charge >= 0.3 is 0 Å². The molecule has 2 rings (SSSR count). The lowest BCUT2D eigenvalue weighted by Gasteiger charge is -2.36. The molecule has 0 bridgehead atoms. The minimum atomic E-state index is 0.732. The molecule has 0 amide bonds. The molecular formula is C14H29N3. The molecule has 3 heteroatoms. The van der Waals surface area contributed by atoms with Crippen molar-refractivity contribution in [1.82, 2.24) is 9.80 Å². The molecule has 100 valence electrons. The maximum absolute atomic E-state index is 5.85. The normalized spacial score (nSPS) is 32.1. The third-order valence-corrected chi connectivity index (χ3v) is 4.65. The highest BCUT2D eigenvalue weighted by Gasteiger charge is 2.24. The molecule has 17 heavy (non-hydrogen) atoms. The van der Waals surface area contributed by atoms with E-state index in [9.17, 15) is 0 Å². The van der Waals surface area contributed by atoms with Crippen LogP contribution in [0.3, 0.4) is 0 Å². The largest absolute Gasteiger partial charge is 0.330 e. The lowest BCUT2D eigenvalue weighted by molar-refractivity contribution is 0.127. The molecule has 2 fully saturated rings. The van der Waals surface area contributed by atoms with Gasteiger partial charge in [-0.3, -0.25) is 0 Å². The van der Waals surface area contributed by atoms with Crippen LogP contribution in [0.2, 0.25) is 0 Å². The second-order valence-corrected chi connectivity index (χ2v) is 5.96. The fourth-order valence-corrected chi connectivity index (χ4v) is 3.26. The van der Waals surface area contributed by atoms with Crippen molar-refractivity contribution < 1.29 is 0 Å². The summed E-state index contributed by atoms with van der Waals surface area (Å²) in [6.07, 6.45) is 5.50. The van der Waals surface area contributed by atoms with Crippen molar-refractivity contribution in [2.75, 3.05) is 45.8 Å². The summed E-state index contributed by atoms with van der Waals surface area (Å²) < 4.78 is 0. The first-order chi connectivity index (χ1) is 8.29. The van der Waals surface area contributed by atoms with Gasteiger partial charge in [-0.25, -0.2) is 0 Å². The van der Waals surface area contributed by atoms with Crippen molar-refractivity contribution >= 4 is 0 Å². The average Bonchev–Trinajstić information content (AvgIpc) is 2.84. The molecule has 2 N–H and O–H groups in total. The van der Waals surface area contributed by atoms with Gasteiger partial charge in [0, 0.05) is 6.54 Å². The van der Waals surface area contributed by atoms with Crippen molar-refractivity contribution in [2.24, 2.45) is 17.6 Å². The number of piperidine rings is 1. The van der Waals surface area contributed by atoms with Gasteiger partial charge in [0.15, 0.2) is 0 Å². The number of hydrogen-bond donors (Lipinski definition) is 1. The van der Waals surface area contributed by atoms with Crippen LogP contribution in [0.4, 0.5) is 0 Å². The fourth-order valence-electron chi connectivity index (χ4n) is 3.26. The van der Waals surface area contributed by atoms with Gasteiger partial charge in [0.05, 0.1) is 0 Å². The Morgan fingerprint density at radius 3 is 2.47 bits per heavy atom. The van der Waals surface area contributed by atoms with Gasteiger partial charge in [-0.15, -0.1) is 0 Å². The predicted octanol–water partition coefficient (Wildman–Crippen LogP) is 1.39. The Morgan fingerprint density at radius 2 is 1.76 bits per heavy atom. The summed E-state index contributed by atoms with van der Waals surface area (Å²) >= 11 is 0. The summed E-state index contributed by atoms with van der Waals surface area (Å²) in [6, 6.07) is 0. The van der Waals surface area contributed by atoms with Crippen molar-refractivity contribution in [3.05, 3.63) is 0 Å². The highest BCUT2D eigenvalue weighted by molar-refractivity contribution is 4.79. The minimum Gasteiger partial charge on any atom is -0.330 e. The van der Waals surface area contributed by atoms with Crippen molar-refractivity contribution in [1.29, 1.82) is 0 Å². The minimum absolute atomic E-state index is 0.732. The summed E-state index contributed by atoms with van der Waals surface area (Å²) in [7, 11) is 0. The van der Waals surface area contributed by atoms with E-state index in [2.05, 4.69) is 16.7 Å². The molecule has 0 saturated carbocycles. The molecule has 0 aliphatic carbocycles. The molecular weight excluding hydrogens is 210 g/mol. The van der Waals surface area contributed by atoms with Gasteiger partial charge in [0.2, 0.25) is 0 Å². The first kappa shape index (κ1) is 13.3. The van der Waals surface area contributed by atoms with E-state index in [-0.39, 0.29) is 0 Å². The molecule has 0 aromatic heterocycles. The van der Waals surface area contributed by atoms with Gasteiger partial charge < -0.3 is 15.5 Å². The van der Waals surface area contributed by atoms with Crippen LogP contribution in [0, 0.1) is 11.8 Å². The van der Waals surface area contributed by atoms with E-state index in [1.54, 1.807) is 0 Å². The third-order valence-electron chi connectivity index (χ3n) is 4.65. The van der Waals surface area contributed by atoms with Crippen LogP contribution in [0.25, 0.3) is 0 Å². The summed E-state index contributed by atoms with van der Waals surface area (Å²) in [5.41, 5.74) is 5.85. The summed E-state index contributed by atoms with van der Waals surface area (Å²) in [5.74, 6) is 1.56. The summed E-state index contributed by atoms with van der Waals surface area (Å²) in [4.78, 5) is 5.25. The average molecular weight is 239 g/mol. The Kier molecular flexibility index (Phi) is 5.26. The van der Waals surface area contributed by atoms with Gasteiger partial charge in [-0.05, 0) is 76.8 Å². The zero-order valence-electron chi connectivity index (χ0n) is 11.4. The SMILES string of the molecule is CC1CCN(CCCN2CCCC2)CC1CN. The lowest BCUT2D eigenvalue weighted by Crippen LogP contribution is -2.43. The van der Waals surface area contributed by atoms with Crippen LogP contribution in [0.1, 0.15) is 32.6 Å². The number of rotatable bonds is 5.